The molecule has 0 radical (unpaired) electrons. The van der Waals surface area contributed by atoms with Crippen molar-refractivity contribution in [1.82, 2.24) is 5.32 Å². The van der Waals surface area contributed by atoms with Gasteiger partial charge in [0.2, 0.25) is 11.8 Å². The van der Waals surface area contributed by atoms with Gasteiger partial charge in [0, 0.05) is 28.6 Å². The van der Waals surface area contributed by atoms with E-state index >= 15 is 0 Å². The van der Waals surface area contributed by atoms with E-state index in [1.807, 2.05) is 6.07 Å². The molecule has 0 spiro atoms. The van der Waals surface area contributed by atoms with Crippen molar-refractivity contribution >= 4 is 58.5 Å². The Labute approximate surface area is 250 Å². The van der Waals surface area contributed by atoms with Crippen molar-refractivity contribution in [2.24, 2.45) is 0 Å². The summed E-state index contributed by atoms with van der Waals surface area (Å²) in [5.41, 5.74) is 0.930. The van der Waals surface area contributed by atoms with Gasteiger partial charge in [-0.25, -0.2) is 4.90 Å². The summed E-state index contributed by atoms with van der Waals surface area (Å²) in [4.78, 5) is 64.6. The molecular weight excluding hydrogens is 568 g/mol. The van der Waals surface area contributed by atoms with E-state index in [9.17, 15) is 29.3 Å². The second-order valence-corrected chi connectivity index (χ2v) is 10.7. The molecule has 1 aliphatic rings. The van der Waals surface area contributed by atoms with Crippen LogP contribution in [0.1, 0.15) is 22.3 Å². The van der Waals surface area contributed by atoms with Gasteiger partial charge in [-0.3, -0.25) is 29.3 Å². The van der Waals surface area contributed by atoms with E-state index < -0.39 is 22.0 Å². The van der Waals surface area contributed by atoms with E-state index in [2.05, 4.69) is 10.6 Å². The summed E-state index contributed by atoms with van der Waals surface area (Å²) in [6, 6.07) is 29.5. The number of rotatable bonds is 9. The minimum atomic E-state index is -0.696. The molecule has 1 saturated heterocycles. The molecule has 0 aromatic heterocycles. The Morgan fingerprint density at radius 2 is 1.49 bits per heavy atom. The van der Waals surface area contributed by atoms with Crippen molar-refractivity contribution < 1.29 is 24.1 Å². The van der Waals surface area contributed by atoms with Gasteiger partial charge in [-0.1, -0.05) is 48.5 Å². The molecule has 214 valence electrons. The predicted octanol–water partition coefficient (Wildman–Crippen LogP) is 5.43. The lowest BCUT2D eigenvalue weighted by Gasteiger charge is -2.15. The molecular formula is C32H24N4O6S. The van der Waals surface area contributed by atoms with Gasteiger partial charge in [0.15, 0.2) is 0 Å². The van der Waals surface area contributed by atoms with E-state index in [0.717, 1.165) is 0 Å². The summed E-state index contributed by atoms with van der Waals surface area (Å²) in [6.07, 6.45) is 1.32. The standard InChI is InChI=1S/C32H24N4O6S/c37-29-20-28(32(40)35(29)24-12-5-2-6-13-24)43-25-17-15-23(16-18-25)33-31(39)26(34-30(38)21-9-3-1-4-10-21)19-22-11-7-8-14-27(22)36(41)42/h1-19,28H,20H2,(H,33,39)(H,34,38)/b26-19+. The molecule has 4 aromatic carbocycles. The van der Waals surface area contributed by atoms with Crippen molar-refractivity contribution in [3.63, 3.8) is 0 Å². The number of nitro groups is 1. The number of nitro benzene ring substituents is 1. The van der Waals surface area contributed by atoms with E-state index in [-0.39, 0.29) is 35.2 Å². The zero-order valence-electron chi connectivity index (χ0n) is 22.5. The molecule has 5 rings (SSSR count). The molecule has 4 amide bonds. The molecule has 0 saturated carbocycles. The van der Waals surface area contributed by atoms with Crippen LogP contribution in [-0.4, -0.2) is 33.8 Å². The number of amides is 4. The Bertz CT molecular complexity index is 1730. The summed E-state index contributed by atoms with van der Waals surface area (Å²) < 4.78 is 0. The number of carbonyl (C=O) groups is 4. The van der Waals surface area contributed by atoms with Crippen LogP contribution < -0.4 is 15.5 Å². The van der Waals surface area contributed by atoms with Crippen LogP contribution in [0, 0.1) is 10.1 Å². The van der Waals surface area contributed by atoms with Gasteiger partial charge in [-0.15, -0.1) is 11.8 Å². The Morgan fingerprint density at radius 1 is 0.860 bits per heavy atom. The van der Waals surface area contributed by atoms with E-state index in [1.165, 1.54) is 40.9 Å². The van der Waals surface area contributed by atoms with Crippen molar-refractivity contribution in [2.45, 2.75) is 16.6 Å². The highest BCUT2D eigenvalue weighted by Crippen LogP contribution is 2.34. The molecule has 1 fully saturated rings. The highest BCUT2D eigenvalue weighted by Gasteiger charge is 2.40. The first kappa shape index (κ1) is 29.0. The van der Waals surface area contributed by atoms with E-state index in [0.29, 0.717) is 21.8 Å². The molecule has 0 aliphatic carbocycles. The monoisotopic (exact) mass is 592 g/mol. The maximum absolute atomic E-state index is 13.3. The fraction of sp³-hybridized carbons (Fsp3) is 0.0625. The normalized spacial score (nSPS) is 14.8. The van der Waals surface area contributed by atoms with Gasteiger partial charge in [0.1, 0.15) is 5.70 Å². The zero-order chi connectivity index (χ0) is 30.3. The third-order valence-corrected chi connectivity index (χ3v) is 7.67. The molecule has 43 heavy (non-hydrogen) atoms. The Kier molecular flexibility index (Phi) is 8.73. The predicted molar refractivity (Wildman–Crippen MR) is 163 cm³/mol. The first-order valence-electron chi connectivity index (χ1n) is 13.1. The minimum absolute atomic E-state index is 0.0672. The lowest BCUT2D eigenvalue weighted by Crippen LogP contribution is -2.31. The second kappa shape index (κ2) is 13.0. The van der Waals surface area contributed by atoms with Crippen LogP contribution in [-0.2, 0) is 14.4 Å². The highest BCUT2D eigenvalue weighted by molar-refractivity contribution is 8.00. The molecule has 1 aliphatic heterocycles. The van der Waals surface area contributed by atoms with Gasteiger partial charge in [0.05, 0.1) is 21.4 Å². The van der Waals surface area contributed by atoms with Gasteiger partial charge in [0.25, 0.3) is 17.5 Å². The quantitative estimate of drug-likeness (QED) is 0.114. The summed E-state index contributed by atoms with van der Waals surface area (Å²) in [5, 5.41) is 16.2. The number of benzene rings is 4. The number of imide groups is 1. The van der Waals surface area contributed by atoms with Crippen LogP contribution in [0.25, 0.3) is 6.08 Å². The maximum atomic E-state index is 13.3. The summed E-state index contributed by atoms with van der Waals surface area (Å²) in [7, 11) is 0. The van der Waals surface area contributed by atoms with Crippen molar-refractivity contribution in [3.05, 3.63) is 136 Å². The Hall–Kier alpha value is -5.55. The van der Waals surface area contributed by atoms with Crippen molar-refractivity contribution in [3.8, 4) is 0 Å². The first-order valence-corrected chi connectivity index (χ1v) is 14.0. The molecule has 0 bridgehead atoms. The molecule has 11 heteroatoms. The average molecular weight is 593 g/mol. The molecule has 4 aromatic rings. The maximum Gasteiger partial charge on any atom is 0.276 e. The SMILES string of the molecule is O=C(Nc1ccc(SC2CC(=O)N(c3ccccc3)C2=O)cc1)/C(=C\c1ccccc1[N+](=O)[O-])NC(=O)c1ccccc1. The second-order valence-electron chi connectivity index (χ2n) is 9.39. The van der Waals surface area contributed by atoms with Gasteiger partial charge >= 0.3 is 0 Å². The summed E-state index contributed by atoms with van der Waals surface area (Å²) >= 11 is 1.25. The van der Waals surface area contributed by atoms with Crippen LogP contribution in [0.2, 0.25) is 0 Å². The largest absolute Gasteiger partial charge is 0.321 e. The molecule has 2 N–H and O–H groups in total. The molecule has 1 atom stereocenters. The van der Waals surface area contributed by atoms with Crippen LogP contribution in [0.15, 0.2) is 120 Å². The Morgan fingerprint density at radius 3 is 2.16 bits per heavy atom. The van der Waals surface area contributed by atoms with Crippen LogP contribution >= 0.6 is 11.8 Å². The molecule has 1 heterocycles. The number of nitrogens with zero attached hydrogens (tertiary/aromatic N) is 2. The number of thioether (sulfide) groups is 1. The van der Waals surface area contributed by atoms with Crippen LogP contribution in [0.4, 0.5) is 17.1 Å². The number of anilines is 2. The van der Waals surface area contributed by atoms with Gasteiger partial charge < -0.3 is 10.6 Å². The van der Waals surface area contributed by atoms with Crippen molar-refractivity contribution in [2.75, 3.05) is 10.2 Å². The number of para-hydroxylation sites is 2. The van der Waals surface area contributed by atoms with E-state index in [4.69, 9.17) is 0 Å². The fourth-order valence-electron chi connectivity index (χ4n) is 4.40. The summed E-state index contributed by atoms with van der Waals surface area (Å²) in [6.45, 7) is 0. The van der Waals surface area contributed by atoms with Gasteiger partial charge in [-0.05, 0) is 60.7 Å². The number of nitrogens with one attached hydrogen (secondary N) is 2. The Balaban J connectivity index is 1.32. The average Bonchev–Trinajstić information content (AvgIpc) is 3.30. The lowest BCUT2D eigenvalue weighted by atomic mass is 10.1. The lowest BCUT2D eigenvalue weighted by molar-refractivity contribution is -0.385. The topological polar surface area (TPSA) is 139 Å². The number of carbonyl (C=O) groups excluding carboxylic acids is 4. The van der Waals surface area contributed by atoms with Crippen molar-refractivity contribution in [1.29, 1.82) is 0 Å². The van der Waals surface area contributed by atoms with E-state index in [1.54, 1.807) is 84.9 Å². The fourth-order valence-corrected chi connectivity index (χ4v) is 5.45. The number of hydrogen-bond acceptors (Lipinski definition) is 7. The zero-order valence-corrected chi connectivity index (χ0v) is 23.3. The smallest absolute Gasteiger partial charge is 0.276 e. The molecule has 10 nitrogen and oxygen atoms in total. The summed E-state index contributed by atoms with van der Waals surface area (Å²) in [5.74, 6) is -1.82. The third-order valence-electron chi connectivity index (χ3n) is 6.47. The van der Waals surface area contributed by atoms with Gasteiger partial charge in [-0.2, -0.15) is 0 Å². The van der Waals surface area contributed by atoms with Crippen LogP contribution in [0.3, 0.4) is 0 Å². The first-order chi connectivity index (χ1) is 20.8. The van der Waals surface area contributed by atoms with Crippen LogP contribution in [0.5, 0.6) is 0 Å². The number of hydrogen-bond donors (Lipinski definition) is 2. The molecule has 1 unspecified atom stereocenters. The third kappa shape index (κ3) is 6.85. The minimum Gasteiger partial charge on any atom is -0.321 e. The highest BCUT2D eigenvalue weighted by atomic mass is 32.2.